The first-order valence-corrected chi connectivity index (χ1v) is 37.3. The van der Waals surface area contributed by atoms with E-state index >= 15 is 0 Å². The number of hydrogen-bond acceptors (Lipinski definition) is 22. The third-order valence-electron chi connectivity index (χ3n) is 20.3. The maximum Gasteiger partial charge on any atom is 0.490 e. The van der Waals surface area contributed by atoms with E-state index in [1.54, 1.807) is 61.1 Å². The molecule has 0 radical (unpaired) electrons. The van der Waals surface area contributed by atoms with Gasteiger partial charge in [0, 0.05) is 145 Å². The molecule has 0 aromatic carbocycles. The number of amides is 2. The van der Waals surface area contributed by atoms with Crippen LogP contribution >= 0.6 is 11.6 Å². The Kier molecular flexibility index (Phi) is 32.5. The molecule has 0 atom stereocenters. The number of anilines is 4. The number of pyridine rings is 6. The molecule has 0 saturated carbocycles. The Morgan fingerprint density at radius 1 is 0.509 bits per heavy atom. The largest absolute Gasteiger partial charge is 0.490 e. The summed E-state index contributed by atoms with van der Waals surface area (Å²) in [4.78, 5) is 127. The molecule has 34 heteroatoms. The van der Waals surface area contributed by atoms with Crippen LogP contribution in [0.2, 0.25) is 5.02 Å². The highest BCUT2D eigenvalue weighted by molar-refractivity contribution is 6.54. The number of H-pyrrole nitrogens is 1. The van der Waals surface area contributed by atoms with Crippen molar-refractivity contribution < 1.29 is 28.7 Å². The van der Waals surface area contributed by atoms with Crippen LogP contribution in [0.25, 0.3) is 11.4 Å². The average molecular weight is 1540 g/mol. The van der Waals surface area contributed by atoms with E-state index in [-0.39, 0.29) is 75.8 Å². The van der Waals surface area contributed by atoms with Crippen molar-refractivity contribution in [3.63, 3.8) is 0 Å². The monoisotopic (exact) mass is 1540 g/mol. The standard InChI is InChI=1S/C13H18ClN3O2.C13H19N3O2.C12H22BNO2.C11H13N3O3.C11H17N3O.C11H15N3O.C5H4N2O3/c1-9(18)15-12-7-10(14)8-17(13(12)19)11-3-5-16(2)6-4-11;1-10(17)14-12-4-3-7-16(13(12)18)11-5-8-15(2)9-6-11;1-11(2)12(3,4)16-13(15-11)10-6-8-14(5)9-7-10;1-12-7-4-9(5-8-12)13-6-2-3-10(11(13)15)14(16)17;2*1-13-7-4-9(5-8-13)14-6-2-3-10(12)11(14)15;8-5-4(7(9)10)2-1-3-6-5/h7-8,11H,3-6H2,1-2H3,(H,15,18);3-4,7,11H,5-6,8-9H2,1-2H3,(H,14,17);6H,7-9H2,1-5H3;2-4,6H,5,7-8H2,1H3;2-3,6,9H,4-5,7-8,12H2,1H3;2-4,6H,5,7-8,12H2,1H3;1-3H,(H,6,8). The maximum absolute atomic E-state index is 12.3. The number of nitrogens with two attached hydrogens (primary N) is 2. The highest BCUT2D eigenvalue weighted by Crippen LogP contribution is 2.39. The van der Waals surface area contributed by atoms with Crippen LogP contribution in [-0.2, 0) is 18.9 Å². The van der Waals surface area contributed by atoms with Crippen molar-refractivity contribution in [1.29, 1.82) is 0 Å². The topological polar surface area (TPSA) is 377 Å². The Bertz CT molecular complexity index is 4600. The minimum Gasteiger partial charge on any atom is -0.400 e. The molecule has 0 bridgehead atoms. The van der Waals surface area contributed by atoms with Crippen LogP contribution in [-0.4, -0.2) is 218 Å². The van der Waals surface area contributed by atoms with E-state index in [4.69, 9.17) is 32.4 Å². The van der Waals surface area contributed by atoms with Gasteiger partial charge in [0.25, 0.3) is 22.2 Å². The fraction of sp³-hybridized carbons (Fsp3) is 0.500. The van der Waals surface area contributed by atoms with Gasteiger partial charge < -0.3 is 79.5 Å². The Morgan fingerprint density at radius 2 is 0.909 bits per heavy atom. The fourth-order valence-corrected chi connectivity index (χ4v) is 13.1. The molecule has 6 aromatic heterocycles. The van der Waals surface area contributed by atoms with Crippen LogP contribution in [0, 0.1) is 20.2 Å². The number of nitrogens with one attached hydrogen (secondary N) is 3. The summed E-state index contributed by atoms with van der Waals surface area (Å²) in [5.74, 6) is -0.484. The van der Waals surface area contributed by atoms with E-state index in [1.165, 1.54) is 54.3 Å². The number of carbonyl (C=O) groups is 2. The van der Waals surface area contributed by atoms with Crippen LogP contribution in [0.5, 0.6) is 0 Å². The molecule has 7 aliphatic heterocycles. The predicted molar refractivity (Wildman–Crippen MR) is 433 cm³/mol. The molecule has 0 spiro atoms. The second-order valence-corrected chi connectivity index (χ2v) is 29.9. The number of piperidine rings is 3. The molecule has 2 amide bonds. The summed E-state index contributed by atoms with van der Waals surface area (Å²) in [5.41, 5.74) is 12.7. The molecule has 4 fully saturated rings. The predicted octanol–water partition coefficient (Wildman–Crippen LogP) is 7.20. The van der Waals surface area contributed by atoms with Gasteiger partial charge in [-0.05, 0) is 214 Å². The third-order valence-corrected chi connectivity index (χ3v) is 20.6. The summed E-state index contributed by atoms with van der Waals surface area (Å²) >= 11 is 6.03. The van der Waals surface area contributed by atoms with Crippen LogP contribution in [0.3, 0.4) is 0 Å². The van der Waals surface area contributed by atoms with Crippen molar-refractivity contribution >= 4 is 76.1 Å². The van der Waals surface area contributed by atoms with E-state index in [9.17, 15) is 58.6 Å². The number of likely N-dealkylation sites (tertiary alicyclic amines) is 3. The zero-order chi connectivity index (χ0) is 80.7. The van der Waals surface area contributed by atoms with E-state index in [0.717, 1.165) is 154 Å². The molecule has 32 nitrogen and oxygen atoms in total. The summed E-state index contributed by atoms with van der Waals surface area (Å²) in [7, 11) is 12.3. The number of nitrogen functional groups attached to an aromatic ring is 2. The van der Waals surface area contributed by atoms with Crippen molar-refractivity contribution in [2.24, 2.45) is 0 Å². The van der Waals surface area contributed by atoms with E-state index in [0.29, 0.717) is 28.1 Å². The molecular weight excluding hydrogens is 1440 g/mol. The third kappa shape index (κ3) is 25.2. The lowest BCUT2D eigenvalue weighted by Crippen LogP contribution is -2.41. The first-order valence-electron chi connectivity index (χ1n) is 36.9. The summed E-state index contributed by atoms with van der Waals surface area (Å²) in [6.45, 7) is 22.8. The average Bonchev–Trinajstić information content (AvgIpc) is 1.62. The van der Waals surface area contributed by atoms with Gasteiger partial charge in [0.05, 0.1) is 37.4 Å². The minimum atomic E-state index is -0.723. The van der Waals surface area contributed by atoms with E-state index < -0.39 is 26.7 Å². The zero-order valence-electron chi connectivity index (χ0n) is 65.3. The van der Waals surface area contributed by atoms with Gasteiger partial charge in [0.2, 0.25) is 11.8 Å². The summed E-state index contributed by atoms with van der Waals surface area (Å²) in [6, 6.07) is 17.9. The first-order chi connectivity index (χ1) is 52.0. The van der Waals surface area contributed by atoms with Crippen LogP contribution in [0.1, 0.15) is 117 Å². The molecule has 13 rings (SSSR count). The number of aromatic nitrogens is 6. The lowest BCUT2D eigenvalue weighted by molar-refractivity contribution is -0.386. The second-order valence-electron chi connectivity index (χ2n) is 29.5. The summed E-state index contributed by atoms with van der Waals surface area (Å²) < 4.78 is 20.2. The van der Waals surface area contributed by atoms with Gasteiger partial charge in [0.15, 0.2) is 0 Å². The van der Waals surface area contributed by atoms with E-state index in [2.05, 4.69) is 120 Å². The molecule has 596 valence electrons. The van der Waals surface area contributed by atoms with Crippen LogP contribution < -0.4 is 55.5 Å². The molecule has 0 aliphatic carbocycles. The van der Waals surface area contributed by atoms with Gasteiger partial charge in [0.1, 0.15) is 11.4 Å². The van der Waals surface area contributed by atoms with Crippen molar-refractivity contribution in [2.45, 2.75) is 129 Å². The second kappa shape index (κ2) is 40.8. The van der Waals surface area contributed by atoms with Crippen molar-refractivity contribution in [1.82, 2.24) is 57.2 Å². The number of aromatic amines is 1. The molecule has 6 aromatic rings. The van der Waals surface area contributed by atoms with Gasteiger partial charge in [-0.2, -0.15) is 0 Å². The number of nitrogens with zero attached hydrogens (tertiary/aromatic N) is 13. The Labute approximate surface area is 645 Å². The quantitative estimate of drug-likeness (QED) is 0.0514. The van der Waals surface area contributed by atoms with Crippen LogP contribution in [0.4, 0.5) is 34.1 Å². The van der Waals surface area contributed by atoms with Gasteiger partial charge in [-0.25, -0.2) is 0 Å². The van der Waals surface area contributed by atoms with Crippen molar-refractivity contribution in [3.05, 3.63) is 215 Å². The first kappa shape index (κ1) is 87.5. The smallest absolute Gasteiger partial charge is 0.400 e. The van der Waals surface area contributed by atoms with Gasteiger partial charge >= 0.3 is 29.6 Å². The van der Waals surface area contributed by atoms with Gasteiger partial charge in [-0.3, -0.25) is 67.7 Å². The number of nitro groups is 2. The molecule has 110 heavy (non-hydrogen) atoms. The molecule has 7 aliphatic rings. The van der Waals surface area contributed by atoms with Crippen LogP contribution in [0.15, 0.2) is 156 Å². The number of rotatable bonds is 10. The fourth-order valence-electron chi connectivity index (χ4n) is 12.9. The Morgan fingerprint density at radius 3 is 1.35 bits per heavy atom. The summed E-state index contributed by atoms with van der Waals surface area (Å²) in [5, 5.41) is 26.3. The highest BCUT2D eigenvalue weighted by Gasteiger charge is 2.52. The molecular formula is C76H108BClN18O14. The van der Waals surface area contributed by atoms with Crippen molar-refractivity contribution in [2.75, 3.05) is 143 Å². The van der Waals surface area contributed by atoms with Gasteiger partial charge in [-0.1, -0.05) is 29.8 Å². The molecule has 4 saturated heterocycles. The zero-order valence-corrected chi connectivity index (χ0v) is 66.0. The van der Waals surface area contributed by atoms with Crippen molar-refractivity contribution in [3.8, 4) is 0 Å². The molecule has 7 N–H and O–H groups in total. The normalized spacial score (nSPS) is 18.6. The number of carbonyl (C=O) groups excluding carboxylic acids is 2. The highest BCUT2D eigenvalue weighted by atomic mass is 35.5. The maximum atomic E-state index is 12.3. The number of hydrogen-bond donors (Lipinski definition) is 5. The SMILES string of the molecule is CC(=O)Nc1cc(Cl)cn(C2CCN(C)CC2)c1=O.CC(=O)Nc1cccn(C2CCN(C)CC2)c1=O.CN1CC=C(B2OC(C)(C)C(C)(C)O2)CC1.CN1CC=C(n2cccc(N)c2=O)CC1.CN1CC=C(n2cccc([N+](=O)[O-])c2=O)CC1.CN1CCC(n2cccc(N)c2=O)CC1.O=c1[nH]cccc1[N+](=O)[O-]. The Hall–Kier alpha value is -9.71. The molecule has 13 heterocycles. The van der Waals surface area contributed by atoms with E-state index in [1.807, 2.05) is 37.7 Å². The Balaban J connectivity index is 0.000000179. The van der Waals surface area contributed by atoms with Gasteiger partial charge in [-0.15, -0.1) is 0 Å². The minimum absolute atomic E-state index is 0.0490. The lowest BCUT2D eigenvalue weighted by atomic mass is 9.75. The number of likely N-dealkylation sites (N-methyl/N-ethyl adjacent to an activating group) is 3. The molecule has 0 unspecified atom stereocenters. The lowest BCUT2D eigenvalue weighted by Gasteiger charge is -2.32. The number of halogens is 1. The summed E-state index contributed by atoms with van der Waals surface area (Å²) in [6.07, 6.45) is 24.7.